The number of aryl methyl sites for hydroxylation is 1. The smallest absolute Gasteiger partial charge is 0.242 e. The Morgan fingerprint density at radius 2 is 2.20 bits per heavy atom. The SMILES string of the molecule is CCNCc1cc(S(=O)(=O)NCc2ncn(C)n2)c[nH]1. The van der Waals surface area contributed by atoms with Crippen LogP contribution >= 0.6 is 0 Å². The van der Waals surface area contributed by atoms with E-state index in [1.165, 1.54) is 17.2 Å². The van der Waals surface area contributed by atoms with Crippen molar-refractivity contribution in [3.63, 3.8) is 0 Å². The summed E-state index contributed by atoms with van der Waals surface area (Å²) in [6.07, 6.45) is 3.00. The number of aromatic amines is 1. The van der Waals surface area contributed by atoms with Crippen molar-refractivity contribution in [3.05, 3.63) is 30.1 Å². The fourth-order valence-corrected chi connectivity index (χ4v) is 2.64. The first kappa shape index (κ1) is 14.7. The predicted octanol–water partition coefficient (Wildman–Crippen LogP) is -0.269. The van der Waals surface area contributed by atoms with Gasteiger partial charge in [0.1, 0.15) is 6.33 Å². The highest BCUT2D eigenvalue weighted by molar-refractivity contribution is 7.89. The molecule has 0 aliphatic rings. The molecule has 20 heavy (non-hydrogen) atoms. The molecule has 0 atom stereocenters. The van der Waals surface area contributed by atoms with Gasteiger partial charge in [-0.1, -0.05) is 6.92 Å². The van der Waals surface area contributed by atoms with Crippen LogP contribution in [0.15, 0.2) is 23.5 Å². The Morgan fingerprint density at radius 1 is 1.40 bits per heavy atom. The molecule has 0 bridgehead atoms. The number of nitrogens with zero attached hydrogens (tertiary/aromatic N) is 3. The van der Waals surface area contributed by atoms with Crippen LogP contribution in [0.3, 0.4) is 0 Å². The second kappa shape index (κ2) is 6.16. The summed E-state index contributed by atoms with van der Waals surface area (Å²) in [4.78, 5) is 7.11. The van der Waals surface area contributed by atoms with Crippen LogP contribution in [0.5, 0.6) is 0 Å². The van der Waals surface area contributed by atoms with Crippen LogP contribution in [-0.2, 0) is 30.2 Å². The zero-order valence-electron chi connectivity index (χ0n) is 11.4. The van der Waals surface area contributed by atoms with Crippen LogP contribution < -0.4 is 10.0 Å². The molecule has 3 N–H and O–H groups in total. The van der Waals surface area contributed by atoms with Crippen molar-refractivity contribution in [3.8, 4) is 0 Å². The van der Waals surface area contributed by atoms with Gasteiger partial charge < -0.3 is 10.3 Å². The number of aromatic nitrogens is 4. The van der Waals surface area contributed by atoms with E-state index < -0.39 is 10.0 Å². The highest BCUT2D eigenvalue weighted by Crippen LogP contribution is 2.10. The zero-order chi connectivity index (χ0) is 14.6. The first-order valence-electron chi connectivity index (χ1n) is 6.23. The van der Waals surface area contributed by atoms with Crippen LogP contribution in [0.1, 0.15) is 18.4 Å². The maximum atomic E-state index is 12.1. The van der Waals surface area contributed by atoms with Gasteiger partial charge in [0.25, 0.3) is 0 Å². The summed E-state index contributed by atoms with van der Waals surface area (Å²) in [6, 6.07) is 1.61. The highest BCUT2D eigenvalue weighted by atomic mass is 32.2. The standard InChI is InChI=1S/C11H18N6O2S/c1-3-12-5-9-4-10(6-13-9)20(18,19)15-7-11-14-8-17(2)16-11/h4,6,8,12-13,15H,3,5,7H2,1-2H3. The molecule has 0 radical (unpaired) electrons. The van der Waals surface area contributed by atoms with Gasteiger partial charge in [-0.25, -0.2) is 18.1 Å². The van der Waals surface area contributed by atoms with Crippen molar-refractivity contribution < 1.29 is 8.42 Å². The van der Waals surface area contributed by atoms with Crippen molar-refractivity contribution >= 4 is 10.0 Å². The van der Waals surface area contributed by atoms with E-state index in [9.17, 15) is 8.42 Å². The van der Waals surface area contributed by atoms with Crippen molar-refractivity contribution in [2.45, 2.75) is 24.9 Å². The molecule has 0 amide bonds. The minimum absolute atomic E-state index is 0.0664. The molecular weight excluding hydrogens is 280 g/mol. The quantitative estimate of drug-likeness (QED) is 0.653. The molecule has 0 aromatic carbocycles. The summed E-state index contributed by atoms with van der Waals surface area (Å²) in [5, 5.41) is 7.13. The Balaban J connectivity index is 2.00. The molecule has 0 spiro atoms. The Kier molecular flexibility index (Phi) is 4.53. The number of nitrogens with one attached hydrogen (secondary N) is 3. The third kappa shape index (κ3) is 3.65. The molecular formula is C11H18N6O2S. The van der Waals surface area contributed by atoms with Gasteiger partial charge in [-0.05, 0) is 12.6 Å². The van der Waals surface area contributed by atoms with E-state index in [2.05, 4.69) is 25.1 Å². The number of hydrogen-bond donors (Lipinski definition) is 3. The third-order valence-corrected chi connectivity index (χ3v) is 4.04. The normalized spacial score (nSPS) is 11.9. The van der Waals surface area contributed by atoms with E-state index in [-0.39, 0.29) is 11.4 Å². The van der Waals surface area contributed by atoms with Gasteiger partial charge in [-0.3, -0.25) is 4.68 Å². The van der Waals surface area contributed by atoms with Gasteiger partial charge in [-0.2, -0.15) is 5.10 Å². The molecule has 0 aliphatic heterocycles. The zero-order valence-corrected chi connectivity index (χ0v) is 12.2. The molecule has 0 aliphatic carbocycles. The Hall–Kier alpha value is -1.71. The topological polar surface area (TPSA) is 105 Å². The molecule has 2 rings (SSSR count). The molecule has 8 nitrogen and oxygen atoms in total. The van der Waals surface area contributed by atoms with E-state index in [0.717, 1.165) is 12.2 Å². The maximum Gasteiger partial charge on any atom is 0.242 e. The average molecular weight is 298 g/mol. The monoisotopic (exact) mass is 298 g/mol. The van der Waals surface area contributed by atoms with Gasteiger partial charge in [0, 0.05) is 25.5 Å². The lowest BCUT2D eigenvalue weighted by molar-refractivity contribution is 0.578. The Morgan fingerprint density at radius 3 is 2.85 bits per heavy atom. The molecule has 0 unspecified atom stereocenters. The fourth-order valence-electron chi connectivity index (χ4n) is 1.64. The lowest BCUT2D eigenvalue weighted by atomic mass is 10.4. The lowest BCUT2D eigenvalue weighted by Crippen LogP contribution is -2.23. The summed E-state index contributed by atoms with van der Waals surface area (Å²) in [7, 11) is -1.83. The minimum Gasteiger partial charge on any atom is -0.363 e. The van der Waals surface area contributed by atoms with Crippen molar-refractivity contribution in [1.29, 1.82) is 0 Å². The van der Waals surface area contributed by atoms with Gasteiger partial charge in [-0.15, -0.1) is 0 Å². The van der Waals surface area contributed by atoms with Gasteiger partial charge in [0.2, 0.25) is 10.0 Å². The summed E-state index contributed by atoms with van der Waals surface area (Å²) in [5.41, 5.74) is 0.822. The molecule has 2 aromatic heterocycles. The molecule has 9 heteroatoms. The summed E-state index contributed by atoms with van der Waals surface area (Å²) in [5.74, 6) is 0.430. The molecule has 0 saturated heterocycles. The van der Waals surface area contributed by atoms with Gasteiger partial charge in [0.05, 0.1) is 11.4 Å². The van der Waals surface area contributed by atoms with Crippen LogP contribution in [-0.4, -0.2) is 34.7 Å². The predicted molar refractivity (Wildman–Crippen MR) is 73.2 cm³/mol. The number of hydrogen-bond acceptors (Lipinski definition) is 5. The van der Waals surface area contributed by atoms with Crippen LogP contribution in [0.2, 0.25) is 0 Å². The third-order valence-electron chi connectivity index (χ3n) is 2.66. The van der Waals surface area contributed by atoms with Crippen LogP contribution in [0.4, 0.5) is 0 Å². The molecule has 110 valence electrons. The summed E-state index contributed by atoms with van der Waals surface area (Å²) < 4.78 is 28.2. The largest absolute Gasteiger partial charge is 0.363 e. The first-order valence-corrected chi connectivity index (χ1v) is 7.72. The Labute approximate surface area is 117 Å². The minimum atomic E-state index is -3.55. The maximum absolute atomic E-state index is 12.1. The summed E-state index contributed by atoms with van der Waals surface area (Å²) >= 11 is 0. The van der Waals surface area contributed by atoms with E-state index >= 15 is 0 Å². The number of sulfonamides is 1. The lowest BCUT2D eigenvalue weighted by Gasteiger charge is -2.02. The fraction of sp³-hybridized carbons (Fsp3) is 0.455. The second-order valence-electron chi connectivity index (χ2n) is 4.30. The van der Waals surface area contributed by atoms with E-state index in [1.54, 1.807) is 13.1 Å². The highest BCUT2D eigenvalue weighted by Gasteiger charge is 2.16. The van der Waals surface area contributed by atoms with Crippen LogP contribution in [0, 0.1) is 0 Å². The van der Waals surface area contributed by atoms with Gasteiger partial charge >= 0.3 is 0 Å². The first-order chi connectivity index (χ1) is 9.51. The van der Waals surface area contributed by atoms with Crippen LogP contribution in [0.25, 0.3) is 0 Å². The van der Waals surface area contributed by atoms with Gasteiger partial charge in [0.15, 0.2) is 5.82 Å². The van der Waals surface area contributed by atoms with Crippen molar-refractivity contribution in [2.24, 2.45) is 7.05 Å². The molecule has 2 aromatic rings. The molecule has 0 fully saturated rings. The van der Waals surface area contributed by atoms with Crippen molar-refractivity contribution in [1.82, 2.24) is 29.8 Å². The molecule has 2 heterocycles. The Bertz CT molecular complexity index is 660. The summed E-state index contributed by atoms with van der Waals surface area (Å²) in [6.45, 7) is 3.48. The molecule has 0 saturated carbocycles. The number of H-pyrrole nitrogens is 1. The van der Waals surface area contributed by atoms with E-state index in [0.29, 0.717) is 12.4 Å². The van der Waals surface area contributed by atoms with E-state index in [4.69, 9.17) is 0 Å². The van der Waals surface area contributed by atoms with E-state index in [1.807, 2.05) is 6.92 Å². The second-order valence-corrected chi connectivity index (χ2v) is 6.07. The average Bonchev–Trinajstić information content (AvgIpc) is 3.03. The number of rotatable bonds is 7. The van der Waals surface area contributed by atoms with Crippen molar-refractivity contribution in [2.75, 3.05) is 6.54 Å².